The summed E-state index contributed by atoms with van der Waals surface area (Å²) in [5, 5.41) is 17.3. The van der Waals surface area contributed by atoms with Crippen molar-refractivity contribution < 1.29 is 29.3 Å². The van der Waals surface area contributed by atoms with Crippen LogP contribution in [0.3, 0.4) is 0 Å². The number of hydrogen-bond acceptors (Lipinski definition) is 4. The number of carbonyl (C=O) groups is 3. The molecule has 0 aliphatic heterocycles. The Hall–Kier alpha value is -1.85. The maximum Gasteiger partial charge on any atom is 0.330 e. The van der Waals surface area contributed by atoms with Gasteiger partial charge in [0.2, 0.25) is 0 Å². The molecule has 0 heterocycles. The topological polar surface area (TPSA) is 101 Å². The molecule has 0 bridgehead atoms. The highest BCUT2D eigenvalue weighted by molar-refractivity contribution is 5.81. The van der Waals surface area contributed by atoms with E-state index in [-0.39, 0.29) is 6.61 Å². The summed E-state index contributed by atoms with van der Waals surface area (Å²) in [5.41, 5.74) is 0. The van der Waals surface area contributed by atoms with E-state index in [1.807, 2.05) is 0 Å². The molecule has 16 heavy (non-hydrogen) atoms. The lowest BCUT2D eigenvalue weighted by Gasteiger charge is -2.17. The van der Waals surface area contributed by atoms with Crippen molar-refractivity contribution in [3.8, 4) is 0 Å². The van der Waals surface area contributed by atoms with Gasteiger partial charge in [0.1, 0.15) is 0 Å². The standard InChI is InChI=1S/C10H14O6/c1-3-9(13)16-5-6(2)7(10(14)15)4-8(11)12/h3,6-7H,1,4-5H2,2H3,(H,11,12)(H,14,15). The Morgan fingerprint density at radius 3 is 2.31 bits per heavy atom. The molecule has 0 aliphatic rings. The average Bonchev–Trinajstić information content (AvgIpc) is 2.21. The van der Waals surface area contributed by atoms with Crippen molar-refractivity contribution in [2.75, 3.05) is 6.61 Å². The molecule has 0 saturated carbocycles. The van der Waals surface area contributed by atoms with E-state index in [1.54, 1.807) is 0 Å². The van der Waals surface area contributed by atoms with Gasteiger partial charge in [-0.3, -0.25) is 9.59 Å². The zero-order chi connectivity index (χ0) is 12.7. The summed E-state index contributed by atoms with van der Waals surface area (Å²) < 4.78 is 4.65. The van der Waals surface area contributed by atoms with Crippen molar-refractivity contribution >= 4 is 17.9 Å². The molecule has 0 aromatic heterocycles. The first-order valence-corrected chi connectivity index (χ1v) is 4.62. The minimum Gasteiger partial charge on any atom is -0.481 e. The SMILES string of the molecule is C=CC(=O)OCC(C)C(CC(=O)O)C(=O)O. The van der Waals surface area contributed by atoms with Crippen molar-refractivity contribution in [1.29, 1.82) is 0 Å². The van der Waals surface area contributed by atoms with Gasteiger partial charge in [-0.15, -0.1) is 0 Å². The molecule has 0 rings (SSSR count). The van der Waals surface area contributed by atoms with Crippen LogP contribution < -0.4 is 0 Å². The van der Waals surface area contributed by atoms with E-state index in [1.165, 1.54) is 6.92 Å². The van der Waals surface area contributed by atoms with Gasteiger partial charge in [-0.05, 0) is 0 Å². The fourth-order valence-corrected chi connectivity index (χ4v) is 1.11. The number of carboxylic acids is 2. The molecule has 6 nitrogen and oxygen atoms in total. The molecule has 0 aromatic carbocycles. The zero-order valence-electron chi connectivity index (χ0n) is 8.88. The van der Waals surface area contributed by atoms with E-state index in [0.29, 0.717) is 0 Å². The van der Waals surface area contributed by atoms with Gasteiger partial charge in [0.15, 0.2) is 0 Å². The Balaban J connectivity index is 4.32. The van der Waals surface area contributed by atoms with E-state index >= 15 is 0 Å². The van der Waals surface area contributed by atoms with Crippen molar-refractivity contribution in [2.24, 2.45) is 11.8 Å². The maximum absolute atomic E-state index is 10.8. The molecule has 2 unspecified atom stereocenters. The molecule has 6 heteroatoms. The van der Waals surface area contributed by atoms with Crippen LogP contribution in [-0.4, -0.2) is 34.7 Å². The highest BCUT2D eigenvalue weighted by atomic mass is 16.5. The van der Waals surface area contributed by atoms with Gasteiger partial charge in [0.05, 0.1) is 18.9 Å². The highest BCUT2D eigenvalue weighted by Gasteiger charge is 2.28. The van der Waals surface area contributed by atoms with Crippen molar-refractivity contribution in [2.45, 2.75) is 13.3 Å². The Bertz CT molecular complexity index is 296. The Kier molecular flexibility index (Phi) is 5.84. The molecule has 0 aliphatic carbocycles. The number of rotatable bonds is 7. The summed E-state index contributed by atoms with van der Waals surface area (Å²) in [6.07, 6.45) is 0.460. The highest BCUT2D eigenvalue weighted by Crippen LogP contribution is 2.16. The van der Waals surface area contributed by atoms with Crippen LogP contribution in [0.1, 0.15) is 13.3 Å². The number of hydrogen-bond donors (Lipinski definition) is 2. The average molecular weight is 230 g/mol. The second-order valence-electron chi connectivity index (χ2n) is 3.35. The minimum absolute atomic E-state index is 0.144. The van der Waals surface area contributed by atoms with Gasteiger partial charge in [0, 0.05) is 12.0 Å². The third-order valence-corrected chi connectivity index (χ3v) is 2.05. The molecule has 2 N–H and O–H groups in total. The molecular weight excluding hydrogens is 216 g/mol. The second kappa shape index (κ2) is 6.60. The number of carboxylic acid groups (broad SMARTS) is 2. The van der Waals surface area contributed by atoms with Gasteiger partial charge < -0.3 is 14.9 Å². The molecule has 0 fully saturated rings. The van der Waals surface area contributed by atoms with Crippen LogP contribution in [0, 0.1) is 11.8 Å². The van der Waals surface area contributed by atoms with E-state index in [0.717, 1.165) is 6.08 Å². The van der Waals surface area contributed by atoms with E-state index in [2.05, 4.69) is 11.3 Å². The molecule has 90 valence electrons. The number of esters is 1. The minimum atomic E-state index is -1.22. The molecule has 0 amide bonds. The summed E-state index contributed by atoms with van der Waals surface area (Å²) in [5.74, 6) is -4.72. The van der Waals surface area contributed by atoms with Gasteiger partial charge in [0.25, 0.3) is 0 Å². The third-order valence-electron chi connectivity index (χ3n) is 2.05. The van der Waals surface area contributed by atoms with Gasteiger partial charge in [-0.2, -0.15) is 0 Å². The van der Waals surface area contributed by atoms with Crippen LogP contribution in [0.25, 0.3) is 0 Å². The van der Waals surface area contributed by atoms with Crippen LogP contribution >= 0.6 is 0 Å². The summed E-state index contributed by atoms with van der Waals surface area (Å²) in [7, 11) is 0. The largest absolute Gasteiger partial charge is 0.481 e. The number of ether oxygens (including phenoxy) is 1. The van der Waals surface area contributed by atoms with Crippen molar-refractivity contribution in [1.82, 2.24) is 0 Å². The van der Waals surface area contributed by atoms with Crippen LogP contribution in [0.5, 0.6) is 0 Å². The molecular formula is C10H14O6. The monoisotopic (exact) mass is 230 g/mol. The molecule has 0 saturated heterocycles. The molecule has 0 aromatic rings. The van der Waals surface area contributed by atoms with Crippen LogP contribution in [0.15, 0.2) is 12.7 Å². The first-order valence-electron chi connectivity index (χ1n) is 4.62. The Morgan fingerprint density at radius 2 is 1.94 bits per heavy atom. The summed E-state index contributed by atoms with van der Waals surface area (Å²) in [4.78, 5) is 31.9. The van der Waals surface area contributed by atoms with E-state index in [9.17, 15) is 14.4 Å². The second-order valence-corrected chi connectivity index (χ2v) is 3.35. The smallest absolute Gasteiger partial charge is 0.330 e. The number of carbonyl (C=O) groups excluding carboxylic acids is 1. The lowest BCUT2D eigenvalue weighted by molar-refractivity contribution is -0.152. The quantitative estimate of drug-likeness (QED) is 0.488. The zero-order valence-corrected chi connectivity index (χ0v) is 8.88. The molecule has 0 radical (unpaired) electrons. The van der Waals surface area contributed by atoms with E-state index < -0.39 is 36.2 Å². The first kappa shape index (κ1) is 14.2. The normalized spacial score (nSPS) is 13.6. The van der Waals surface area contributed by atoms with Crippen molar-refractivity contribution in [3.63, 3.8) is 0 Å². The summed E-state index contributed by atoms with van der Waals surface area (Å²) >= 11 is 0. The van der Waals surface area contributed by atoms with Crippen LogP contribution in [0.2, 0.25) is 0 Å². The predicted molar refractivity (Wildman–Crippen MR) is 53.7 cm³/mol. The number of aliphatic carboxylic acids is 2. The lowest BCUT2D eigenvalue weighted by atomic mass is 9.92. The lowest BCUT2D eigenvalue weighted by Crippen LogP contribution is -2.28. The Labute approximate surface area is 92.5 Å². The van der Waals surface area contributed by atoms with Crippen LogP contribution in [0.4, 0.5) is 0 Å². The Morgan fingerprint density at radius 1 is 1.38 bits per heavy atom. The fraction of sp³-hybridized carbons (Fsp3) is 0.500. The van der Waals surface area contributed by atoms with Gasteiger partial charge >= 0.3 is 17.9 Å². The van der Waals surface area contributed by atoms with Crippen molar-refractivity contribution in [3.05, 3.63) is 12.7 Å². The van der Waals surface area contributed by atoms with Gasteiger partial charge in [-0.1, -0.05) is 13.5 Å². The van der Waals surface area contributed by atoms with Gasteiger partial charge in [-0.25, -0.2) is 4.79 Å². The van der Waals surface area contributed by atoms with E-state index in [4.69, 9.17) is 10.2 Å². The first-order chi connectivity index (χ1) is 7.38. The summed E-state index contributed by atoms with van der Waals surface area (Å²) in [6, 6.07) is 0. The van der Waals surface area contributed by atoms with Crippen LogP contribution in [-0.2, 0) is 19.1 Å². The third kappa shape index (κ3) is 5.14. The predicted octanol–water partition coefficient (Wildman–Crippen LogP) is 0.527. The summed E-state index contributed by atoms with van der Waals surface area (Å²) in [6.45, 7) is 4.55. The molecule has 2 atom stereocenters. The maximum atomic E-state index is 10.8. The fourth-order valence-electron chi connectivity index (χ4n) is 1.11. The molecule has 0 spiro atoms.